The highest BCUT2D eigenvalue weighted by Gasteiger charge is 2.20. The number of nitrogens with zero attached hydrogens (tertiary/aromatic N) is 1. The number of hydrogen-bond acceptors (Lipinski definition) is 2. The molecular weight excluding hydrogens is 400 g/mol. The zero-order chi connectivity index (χ0) is 15.0. The van der Waals surface area contributed by atoms with Gasteiger partial charge in [-0.2, -0.15) is 0 Å². The molecule has 8 heteroatoms. The summed E-state index contributed by atoms with van der Waals surface area (Å²) in [5, 5.41) is 0.941. The van der Waals surface area contributed by atoms with E-state index in [1.165, 1.54) is 0 Å². The van der Waals surface area contributed by atoms with Crippen molar-refractivity contribution in [2.75, 3.05) is 0 Å². The monoisotopic (exact) mass is 401 g/mol. The SMILES string of the molecule is S=[N+]([S-])c1ccc(-c2c(Cl)c(Cl)c(Cl)c(Cl)c2Cl)cc1. The summed E-state index contributed by atoms with van der Waals surface area (Å²) in [5.74, 6) is 0. The first kappa shape index (κ1) is 16.5. The first-order valence-electron chi connectivity index (χ1n) is 5.11. The van der Waals surface area contributed by atoms with Gasteiger partial charge in [0.05, 0.1) is 25.1 Å². The molecule has 0 unspecified atom stereocenters. The van der Waals surface area contributed by atoms with Crippen LogP contribution in [0.2, 0.25) is 25.1 Å². The minimum Gasteiger partial charge on any atom is -0.225 e. The smallest absolute Gasteiger partial charge is 0.202 e. The summed E-state index contributed by atoms with van der Waals surface area (Å²) in [6.45, 7) is 0. The van der Waals surface area contributed by atoms with Gasteiger partial charge in [0.25, 0.3) is 0 Å². The predicted octanol–water partition coefficient (Wildman–Crippen LogP) is 6.46. The third-order valence-corrected chi connectivity index (χ3v) is 5.27. The summed E-state index contributed by atoms with van der Waals surface area (Å²) in [4.78, 5) is 0. The second-order valence-corrected chi connectivity index (χ2v) is 6.60. The molecule has 0 aromatic heterocycles. The van der Waals surface area contributed by atoms with E-state index >= 15 is 0 Å². The third kappa shape index (κ3) is 3.00. The largest absolute Gasteiger partial charge is 0.225 e. The summed E-state index contributed by atoms with van der Waals surface area (Å²) in [6.07, 6.45) is 0. The Labute approximate surface area is 152 Å². The van der Waals surface area contributed by atoms with E-state index in [-0.39, 0.29) is 25.1 Å². The van der Waals surface area contributed by atoms with Crippen molar-refractivity contribution in [3.63, 3.8) is 0 Å². The fourth-order valence-electron chi connectivity index (χ4n) is 1.61. The Hall–Kier alpha value is 0.130. The third-order valence-electron chi connectivity index (χ3n) is 2.58. The molecule has 2 rings (SSSR count). The Kier molecular flexibility index (Phi) is 5.35. The Morgan fingerprint density at radius 2 is 1.15 bits per heavy atom. The van der Waals surface area contributed by atoms with E-state index in [1.807, 2.05) is 0 Å². The van der Waals surface area contributed by atoms with Crippen molar-refractivity contribution in [1.82, 2.24) is 0 Å². The van der Waals surface area contributed by atoms with Crippen LogP contribution in [0, 0.1) is 0 Å². The Morgan fingerprint density at radius 1 is 0.750 bits per heavy atom. The molecule has 2 aromatic rings. The molecular formula is C12H4Cl5NS2. The maximum atomic E-state index is 6.20. The Morgan fingerprint density at radius 3 is 1.55 bits per heavy atom. The van der Waals surface area contributed by atoms with Crippen LogP contribution in [0.15, 0.2) is 24.3 Å². The molecule has 0 aliphatic carbocycles. The van der Waals surface area contributed by atoms with Crippen LogP contribution in [-0.4, -0.2) is 3.35 Å². The quantitative estimate of drug-likeness (QED) is 0.245. The van der Waals surface area contributed by atoms with E-state index in [1.54, 1.807) is 24.3 Å². The van der Waals surface area contributed by atoms with E-state index in [0.29, 0.717) is 11.3 Å². The first-order chi connectivity index (χ1) is 9.34. The van der Waals surface area contributed by atoms with Gasteiger partial charge in [0, 0.05) is 17.7 Å². The number of halogens is 5. The van der Waals surface area contributed by atoms with Crippen LogP contribution in [0.5, 0.6) is 0 Å². The molecule has 2 aromatic carbocycles. The minimum absolute atomic E-state index is 0.131. The molecule has 0 radical (unpaired) electrons. The molecule has 0 aliphatic rings. The van der Waals surface area contributed by atoms with Gasteiger partial charge in [0.2, 0.25) is 5.69 Å². The molecule has 0 bridgehead atoms. The van der Waals surface area contributed by atoms with Crippen LogP contribution >= 0.6 is 58.0 Å². The lowest BCUT2D eigenvalue weighted by atomic mass is 10.1. The molecule has 0 saturated carbocycles. The van der Waals surface area contributed by atoms with Crippen molar-refractivity contribution in [2.45, 2.75) is 0 Å². The summed E-state index contributed by atoms with van der Waals surface area (Å²) in [7, 11) is 0. The van der Waals surface area contributed by atoms with Crippen molar-refractivity contribution < 1.29 is 3.35 Å². The molecule has 0 spiro atoms. The Bertz CT molecular complexity index is 671. The second-order valence-electron chi connectivity index (χ2n) is 3.75. The first-order valence-corrected chi connectivity index (χ1v) is 7.73. The highest BCUT2D eigenvalue weighted by atomic mass is 35.5. The van der Waals surface area contributed by atoms with Gasteiger partial charge in [-0.05, 0) is 17.7 Å². The normalized spacial score (nSPS) is 10.7. The zero-order valence-electron chi connectivity index (χ0n) is 9.46. The van der Waals surface area contributed by atoms with E-state index in [0.717, 1.165) is 8.91 Å². The van der Waals surface area contributed by atoms with Crippen molar-refractivity contribution in [3.8, 4) is 11.1 Å². The second kappa shape index (κ2) is 6.49. The van der Waals surface area contributed by atoms with Gasteiger partial charge in [0.15, 0.2) is 0 Å². The molecule has 0 saturated heterocycles. The van der Waals surface area contributed by atoms with E-state index < -0.39 is 0 Å². The van der Waals surface area contributed by atoms with Crippen LogP contribution in [0.25, 0.3) is 11.1 Å². The van der Waals surface area contributed by atoms with Gasteiger partial charge in [0.1, 0.15) is 0 Å². The van der Waals surface area contributed by atoms with Gasteiger partial charge in [-0.15, -0.1) is 0 Å². The van der Waals surface area contributed by atoms with Gasteiger partial charge in [-0.25, -0.2) is 3.35 Å². The number of benzene rings is 2. The van der Waals surface area contributed by atoms with Crippen molar-refractivity contribution in [2.24, 2.45) is 0 Å². The average Bonchev–Trinajstić information content (AvgIpc) is 2.44. The van der Waals surface area contributed by atoms with Crippen LogP contribution in [0.1, 0.15) is 0 Å². The van der Waals surface area contributed by atoms with Crippen molar-refractivity contribution in [3.05, 3.63) is 49.4 Å². The standard InChI is InChI=1S/C12H4Cl5NS2/c13-8-7(9(14)11(16)12(17)10(8)15)5-1-3-6(4-2-5)18(19)20/h1-4H. The highest BCUT2D eigenvalue weighted by molar-refractivity contribution is 7.58. The minimum atomic E-state index is 0.131. The molecule has 1 nitrogen and oxygen atoms in total. The summed E-state index contributed by atoms with van der Waals surface area (Å²) in [5.41, 5.74) is 1.94. The molecule has 0 atom stereocenters. The molecule has 0 aliphatic heterocycles. The molecule has 0 heterocycles. The molecule has 20 heavy (non-hydrogen) atoms. The summed E-state index contributed by atoms with van der Waals surface area (Å²) >= 11 is 40.1. The van der Waals surface area contributed by atoms with Gasteiger partial charge < -0.3 is 0 Å². The van der Waals surface area contributed by atoms with Gasteiger partial charge >= 0.3 is 0 Å². The van der Waals surface area contributed by atoms with Crippen LogP contribution in [0.3, 0.4) is 0 Å². The number of rotatable bonds is 2. The molecule has 0 amide bonds. The topological polar surface area (TPSA) is 3.01 Å². The summed E-state index contributed by atoms with van der Waals surface area (Å²) in [6, 6.07) is 7.04. The average molecular weight is 404 g/mol. The van der Waals surface area contributed by atoms with Crippen LogP contribution in [0.4, 0.5) is 5.69 Å². The molecule has 104 valence electrons. The lowest BCUT2D eigenvalue weighted by Gasteiger charge is -2.12. The fraction of sp³-hybridized carbons (Fsp3) is 0. The van der Waals surface area contributed by atoms with Crippen LogP contribution in [-0.2, 0) is 25.2 Å². The van der Waals surface area contributed by atoms with Crippen LogP contribution < -0.4 is 0 Å². The lowest BCUT2D eigenvalue weighted by molar-refractivity contribution is -0.196. The Balaban J connectivity index is 2.67. The van der Waals surface area contributed by atoms with Gasteiger partial charge in [-0.3, -0.25) is 0 Å². The predicted molar refractivity (Wildman–Crippen MR) is 91.6 cm³/mol. The van der Waals surface area contributed by atoms with Crippen molar-refractivity contribution in [1.29, 1.82) is 0 Å². The maximum absolute atomic E-state index is 6.20. The maximum Gasteiger partial charge on any atom is 0.202 e. The van der Waals surface area contributed by atoms with E-state index in [2.05, 4.69) is 0 Å². The van der Waals surface area contributed by atoms with Crippen molar-refractivity contribution >= 4 is 88.9 Å². The lowest BCUT2D eigenvalue weighted by Crippen LogP contribution is -1.90. The van der Waals surface area contributed by atoms with E-state index in [4.69, 9.17) is 83.2 Å². The fourth-order valence-corrected chi connectivity index (χ4v) is 3.21. The van der Waals surface area contributed by atoms with E-state index in [9.17, 15) is 0 Å². The highest BCUT2D eigenvalue weighted by Crippen LogP contribution is 2.48. The van der Waals surface area contributed by atoms with Gasteiger partial charge in [-0.1, -0.05) is 83.2 Å². The molecule has 0 N–H and O–H groups in total. The molecule has 0 fully saturated rings. The summed E-state index contributed by atoms with van der Waals surface area (Å²) < 4.78 is 1.16. The number of hydrogen-bond donors (Lipinski definition) is 0. The zero-order valence-corrected chi connectivity index (χ0v) is 14.9.